The Morgan fingerprint density at radius 1 is 0.283 bits per heavy atom. The van der Waals surface area contributed by atoms with Gasteiger partial charge in [0.2, 0.25) is 0 Å². The first-order chi connectivity index (χ1) is 29.8. The molecular formula is C58H37NS. The fourth-order valence-corrected chi connectivity index (χ4v) is 10.8. The molecule has 0 aliphatic rings. The summed E-state index contributed by atoms with van der Waals surface area (Å²) in [4.78, 5) is 2.54. The summed E-state index contributed by atoms with van der Waals surface area (Å²) in [5.74, 6) is 0. The molecule has 60 heavy (non-hydrogen) atoms. The molecule has 0 unspecified atom stereocenters. The molecule has 0 saturated heterocycles. The first-order valence-corrected chi connectivity index (χ1v) is 21.4. The highest BCUT2D eigenvalue weighted by atomic mass is 32.1. The van der Waals surface area contributed by atoms with Crippen molar-refractivity contribution in [3.05, 3.63) is 224 Å². The van der Waals surface area contributed by atoms with Crippen molar-refractivity contribution in [1.29, 1.82) is 0 Å². The topological polar surface area (TPSA) is 3.24 Å². The largest absolute Gasteiger partial charge is 0.308 e. The van der Waals surface area contributed by atoms with Gasteiger partial charge in [0.15, 0.2) is 0 Å². The van der Waals surface area contributed by atoms with Gasteiger partial charge in [0.25, 0.3) is 0 Å². The van der Waals surface area contributed by atoms with E-state index >= 15 is 0 Å². The Kier molecular flexibility index (Phi) is 8.11. The van der Waals surface area contributed by atoms with Gasteiger partial charge in [-0.05, 0) is 95.9 Å². The summed E-state index contributed by atoms with van der Waals surface area (Å²) in [5.41, 5.74) is 10.7. The number of fused-ring (bicyclic) bond motifs is 9. The molecule has 11 aromatic carbocycles. The van der Waals surface area contributed by atoms with Gasteiger partial charge >= 0.3 is 0 Å². The summed E-state index contributed by atoms with van der Waals surface area (Å²) in [5, 5.41) is 12.5. The molecule has 1 aromatic heterocycles. The Bertz CT molecular complexity index is 3600. The quantitative estimate of drug-likeness (QED) is 0.152. The first-order valence-electron chi connectivity index (χ1n) is 20.6. The molecule has 0 fully saturated rings. The zero-order valence-corrected chi connectivity index (χ0v) is 33.5. The summed E-state index contributed by atoms with van der Waals surface area (Å²) in [6.45, 7) is 0. The Morgan fingerprint density at radius 2 is 0.817 bits per heavy atom. The third-order valence-corrected chi connectivity index (χ3v) is 13.4. The standard InChI is InChI=1S/C58H37NS/c1-3-18-38(19-4-1)56-49-29-12-10-26-45(49)46-35-34-41(36-51(46)57(56)39-20-5-2-6-21-39)43-24-13-15-31-52(43)59(53-32-17-30-50-48-28-14-16-33-55(48)60-58(50)53)54-37-40-22-7-8-23-42(40)44-25-9-11-27-47(44)54/h1-37H. The van der Waals surface area contributed by atoms with Gasteiger partial charge in [-0.15, -0.1) is 11.3 Å². The molecule has 0 aliphatic carbocycles. The molecule has 280 valence electrons. The molecule has 0 spiro atoms. The Balaban J connectivity index is 1.18. The summed E-state index contributed by atoms with van der Waals surface area (Å²) in [6.07, 6.45) is 0. The second kappa shape index (κ2) is 14.1. The molecule has 0 saturated carbocycles. The number of thiophene rings is 1. The summed E-state index contributed by atoms with van der Waals surface area (Å²) in [6, 6.07) is 82.6. The second-order valence-electron chi connectivity index (χ2n) is 15.6. The Hall–Kier alpha value is -7.52. The van der Waals surface area contributed by atoms with Gasteiger partial charge in [-0.2, -0.15) is 0 Å². The van der Waals surface area contributed by atoms with Crippen LogP contribution in [0.5, 0.6) is 0 Å². The minimum Gasteiger partial charge on any atom is -0.308 e. The number of rotatable bonds is 6. The first kappa shape index (κ1) is 34.5. The van der Waals surface area contributed by atoms with Crippen LogP contribution in [0.25, 0.3) is 96.6 Å². The molecule has 0 bridgehead atoms. The van der Waals surface area contributed by atoms with Crippen LogP contribution in [0, 0.1) is 0 Å². The number of hydrogen-bond donors (Lipinski definition) is 0. The third-order valence-electron chi connectivity index (χ3n) is 12.2. The lowest BCUT2D eigenvalue weighted by atomic mass is 9.84. The lowest BCUT2D eigenvalue weighted by Crippen LogP contribution is -2.12. The lowest BCUT2D eigenvalue weighted by Gasteiger charge is -2.30. The maximum absolute atomic E-state index is 2.54. The SMILES string of the molecule is c1ccc(-c2c(-c3ccccc3)c3cc(-c4ccccc4N(c4cc5ccccc5c5ccccc45)c4cccc5c4sc4ccccc45)ccc3c3ccccc23)cc1. The highest BCUT2D eigenvalue weighted by Gasteiger charge is 2.24. The predicted octanol–water partition coefficient (Wildman–Crippen LogP) is 17.1. The van der Waals surface area contributed by atoms with Gasteiger partial charge in [-0.3, -0.25) is 0 Å². The van der Waals surface area contributed by atoms with E-state index in [1.165, 1.54) is 102 Å². The zero-order valence-electron chi connectivity index (χ0n) is 32.7. The van der Waals surface area contributed by atoms with E-state index in [1.54, 1.807) is 0 Å². The van der Waals surface area contributed by atoms with Crippen LogP contribution in [-0.2, 0) is 0 Å². The van der Waals surface area contributed by atoms with E-state index in [2.05, 4.69) is 229 Å². The molecule has 0 N–H and O–H groups in total. The van der Waals surface area contributed by atoms with E-state index in [-0.39, 0.29) is 0 Å². The fraction of sp³-hybridized carbons (Fsp3) is 0. The molecule has 2 heteroatoms. The van der Waals surface area contributed by atoms with Crippen LogP contribution in [-0.4, -0.2) is 0 Å². The van der Waals surface area contributed by atoms with Crippen LogP contribution in [0.1, 0.15) is 0 Å². The Labute approximate surface area is 352 Å². The Morgan fingerprint density at radius 3 is 1.58 bits per heavy atom. The molecule has 1 nitrogen and oxygen atoms in total. The van der Waals surface area contributed by atoms with Crippen molar-refractivity contribution in [1.82, 2.24) is 0 Å². The van der Waals surface area contributed by atoms with Crippen LogP contribution in [0.4, 0.5) is 17.1 Å². The number of hydrogen-bond acceptors (Lipinski definition) is 2. The van der Waals surface area contributed by atoms with Gasteiger partial charge < -0.3 is 4.90 Å². The van der Waals surface area contributed by atoms with Crippen molar-refractivity contribution in [3.63, 3.8) is 0 Å². The number of benzene rings is 11. The average molecular weight is 780 g/mol. The van der Waals surface area contributed by atoms with E-state index in [1.807, 2.05) is 11.3 Å². The smallest absolute Gasteiger partial charge is 0.0640 e. The highest BCUT2D eigenvalue weighted by Crippen LogP contribution is 2.51. The molecule has 0 amide bonds. The van der Waals surface area contributed by atoms with Crippen molar-refractivity contribution >= 4 is 91.7 Å². The number of anilines is 3. The van der Waals surface area contributed by atoms with E-state index < -0.39 is 0 Å². The van der Waals surface area contributed by atoms with Crippen molar-refractivity contribution in [2.75, 3.05) is 4.90 Å². The van der Waals surface area contributed by atoms with Crippen LogP contribution in [0.2, 0.25) is 0 Å². The monoisotopic (exact) mass is 779 g/mol. The van der Waals surface area contributed by atoms with Crippen molar-refractivity contribution in [2.45, 2.75) is 0 Å². The van der Waals surface area contributed by atoms with Gasteiger partial charge in [0, 0.05) is 26.4 Å². The van der Waals surface area contributed by atoms with E-state index in [0.29, 0.717) is 0 Å². The predicted molar refractivity (Wildman–Crippen MR) is 260 cm³/mol. The second-order valence-corrected chi connectivity index (χ2v) is 16.6. The minimum absolute atomic E-state index is 1.13. The lowest BCUT2D eigenvalue weighted by molar-refractivity contribution is 1.32. The number of para-hydroxylation sites is 1. The maximum Gasteiger partial charge on any atom is 0.0640 e. The van der Waals surface area contributed by atoms with Crippen molar-refractivity contribution in [3.8, 4) is 33.4 Å². The molecule has 0 atom stereocenters. The molecule has 12 aromatic rings. The van der Waals surface area contributed by atoms with Crippen LogP contribution in [0.15, 0.2) is 224 Å². The van der Waals surface area contributed by atoms with E-state index in [0.717, 1.165) is 11.4 Å². The van der Waals surface area contributed by atoms with E-state index in [9.17, 15) is 0 Å². The summed E-state index contributed by atoms with van der Waals surface area (Å²) < 4.78 is 2.57. The van der Waals surface area contributed by atoms with E-state index in [4.69, 9.17) is 0 Å². The van der Waals surface area contributed by atoms with Crippen LogP contribution >= 0.6 is 11.3 Å². The minimum atomic E-state index is 1.13. The zero-order chi connectivity index (χ0) is 39.6. The van der Waals surface area contributed by atoms with Gasteiger partial charge in [-0.25, -0.2) is 0 Å². The molecule has 1 heterocycles. The number of nitrogens with zero attached hydrogens (tertiary/aromatic N) is 1. The average Bonchev–Trinajstić information content (AvgIpc) is 3.71. The van der Waals surface area contributed by atoms with Crippen LogP contribution in [0.3, 0.4) is 0 Å². The highest BCUT2D eigenvalue weighted by molar-refractivity contribution is 7.26. The maximum atomic E-state index is 2.54. The normalized spacial score (nSPS) is 11.7. The molecule has 12 rings (SSSR count). The fourth-order valence-electron chi connectivity index (χ4n) is 9.60. The summed E-state index contributed by atoms with van der Waals surface area (Å²) >= 11 is 1.88. The molecule has 0 aliphatic heterocycles. The van der Waals surface area contributed by atoms with Gasteiger partial charge in [0.1, 0.15) is 0 Å². The van der Waals surface area contributed by atoms with Crippen molar-refractivity contribution in [2.24, 2.45) is 0 Å². The van der Waals surface area contributed by atoms with Gasteiger partial charge in [-0.1, -0.05) is 194 Å². The summed E-state index contributed by atoms with van der Waals surface area (Å²) in [7, 11) is 0. The van der Waals surface area contributed by atoms with Crippen LogP contribution < -0.4 is 4.90 Å². The molecule has 0 radical (unpaired) electrons. The van der Waals surface area contributed by atoms with Gasteiger partial charge in [0.05, 0.1) is 21.8 Å². The van der Waals surface area contributed by atoms with Crippen molar-refractivity contribution < 1.29 is 0 Å². The third kappa shape index (κ3) is 5.46. The molecular weight excluding hydrogens is 743 g/mol.